The standard InChI is InChI=1S/C58H98O6/c1-4-7-10-13-16-19-22-25-28-29-31-33-36-39-42-45-48-51-57(60)63-54-55(53-62-56(59)50-47-44-41-38-35-32-27-24-21-18-15-12-9-6-3)64-58(61)52-49-46-43-40-37-34-30-26-23-20-17-14-11-8-5-2/h8-9,11-12,14,17-18,20-21,23,26-27,30,32,55H,4-7,10,13,15-16,19,22,24-25,28-29,31,33-54H2,1-3H3/b11-8-,12-9-,17-14-,21-18-,23-20-,30-26-,32-27-. The van der Waals surface area contributed by atoms with Crippen LogP contribution in [0.4, 0.5) is 0 Å². The number of hydrogen-bond donors (Lipinski definition) is 0. The van der Waals surface area contributed by atoms with Crippen LogP contribution >= 0.6 is 0 Å². The molecule has 6 heteroatoms. The van der Waals surface area contributed by atoms with Gasteiger partial charge in [-0.15, -0.1) is 0 Å². The van der Waals surface area contributed by atoms with E-state index in [0.717, 1.165) is 116 Å². The van der Waals surface area contributed by atoms with Crippen LogP contribution in [-0.2, 0) is 28.6 Å². The molecule has 0 aliphatic rings. The molecule has 0 aliphatic carbocycles. The summed E-state index contributed by atoms with van der Waals surface area (Å²) in [6.07, 6.45) is 67.1. The van der Waals surface area contributed by atoms with Crippen LogP contribution in [0.5, 0.6) is 0 Å². The minimum absolute atomic E-state index is 0.0923. The lowest BCUT2D eigenvalue weighted by Gasteiger charge is -2.18. The van der Waals surface area contributed by atoms with Crippen LogP contribution in [0.15, 0.2) is 85.1 Å². The normalized spacial score (nSPS) is 12.7. The van der Waals surface area contributed by atoms with Gasteiger partial charge in [0.2, 0.25) is 0 Å². The van der Waals surface area contributed by atoms with Crippen molar-refractivity contribution >= 4 is 17.9 Å². The van der Waals surface area contributed by atoms with Gasteiger partial charge < -0.3 is 14.2 Å². The fourth-order valence-corrected chi connectivity index (χ4v) is 7.29. The van der Waals surface area contributed by atoms with Crippen molar-refractivity contribution in [3.63, 3.8) is 0 Å². The monoisotopic (exact) mass is 891 g/mol. The first kappa shape index (κ1) is 60.6. The number of ether oxygens (including phenoxy) is 3. The van der Waals surface area contributed by atoms with Crippen molar-refractivity contribution in [2.24, 2.45) is 0 Å². The molecule has 64 heavy (non-hydrogen) atoms. The van der Waals surface area contributed by atoms with Gasteiger partial charge in [0.25, 0.3) is 0 Å². The van der Waals surface area contributed by atoms with E-state index >= 15 is 0 Å². The predicted molar refractivity (Wildman–Crippen MR) is 274 cm³/mol. The van der Waals surface area contributed by atoms with Gasteiger partial charge in [-0.25, -0.2) is 0 Å². The van der Waals surface area contributed by atoms with Crippen LogP contribution in [0.2, 0.25) is 0 Å². The molecule has 0 aromatic heterocycles. The Hall–Kier alpha value is -3.41. The van der Waals surface area contributed by atoms with E-state index in [9.17, 15) is 14.4 Å². The van der Waals surface area contributed by atoms with Crippen LogP contribution in [-0.4, -0.2) is 37.2 Å². The molecular weight excluding hydrogens is 793 g/mol. The maximum absolute atomic E-state index is 12.8. The molecule has 0 amide bonds. The van der Waals surface area contributed by atoms with E-state index in [1.165, 1.54) is 89.9 Å². The second-order valence-corrected chi connectivity index (χ2v) is 17.5. The molecule has 0 aromatic carbocycles. The second kappa shape index (κ2) is 52.2. The topological polar surface area (TPSA) is 78.9 Å². The number of allylic oxidation sites excluding steroid dienone is 14. The van der Waals surface area contributed by atoms with Crippen LogP contribution in [0.1, 0.15) is 245 Å². The molecule has 1 unspecified atom stereocenters. The number of rotatable bonds is 47. The Morgan fingerprint density at radius 1 is 0.344 bits per heavy atom. The lowest BCUT2D eigenvalue weighted by Crippen LogP contribution is -2.30. The van der Waals surface area contributed by atoms with Gasteiger partial charge in [0.1, 0.15) is 13.2 Å². The van der Waals surface area contributed by atoms with Crippen LogP contribution < -0.4 is 0 Å². The summed E-state index contributed by atoms with van der Waals surface area (Å²) in [6, 6.07) is 0. The molecule has 0 heterocycles. The Balaban J connectivity index is 4.43. The van der Waals surface area contributed by atoms with Crippen LogP contribution in [0, 0.1) is 0 Å². The highest BCUT2D eigenvalue weighted by Gasteiger charge is 2.19. The third-order valence-corrected chi connectivity index (χ3v) is 11.2. The Bertz CT molecular complexity index is 1250. The maximum atomic E-state index is 12.8. The molecule has 0 saturated carbocycles. The van der Waals surface area contributed by atoms with E-state index in [-0.39, 0.29) is 31.1 Å². The summed E-state index contributed by atoms with van der Waals surface area (Å²) in [7, 11) is 0. The zero-order valence-electron chi connectivity index (χ0n) is 41.8. The summed E-state index contributed by atoms with van der Waals surface area (Å²) in [5.74, 6) is -0.936. The van der Waals surface area contributed by atoms with Crippen molar-refractivity contribution in [3.8, 4) is 0 Å². The molecule has 0 saturated heterocycles. The van der Waals surface area contributed by atoms with Gasteiger partial charge in [0, 0.05) is 19.3 Å². The quantitative estimate of drug-likeness (QED) is 0.0199. The van der Waals surface area contributed by atoms with Crippen molar-refractivity contribution in [2.75, 3.05) is 13.2 Å². The summed E-state index contributed by atoms with van der Waals surface area (Å²) in [5, 5.41) is 0. The summed E-state index contributed by atoms with van der Waals surface area (Å²) in [6.45, 7) is 6.36. The van der Waals surface area contributed by atoms with Gasteiger partial charge >= 0.3 is 17.9 Å². The van der Waals surface area contributed by atoms with E-state index in [4.69, 9.17) is 14.2 Å². The van der Waals surface area contributed by atoms with Gasteiger partial charge in [-0.1, -0.05) is 241 Å². The number of carbonyl (C=O) groups is 3. The first-order valence-electron chi connectivity index (χ1n) is 26.6. The summed E-state index contributed by atoms with van der Waals surface area (Å²) in [4.78, 5) is 38.0. The van der Waals surface area contributed by atoms with E-state index in [1.54, 1.807) is 0 Å². The molecule has 0 N–H and O–H groups in total. The fourth-order valence-electron chi connectivity index (χ4n) is 7.29. The largest absolute Gasteiger partial charge is 0.462 e. The predicted octanol–water partition coefficient (Wildman–Crippen LogP) is 17.6. The first-order valence-corrected chi connectivity index (χ1v) is 26.6. The van der Waals surface area contributed by atoms with Crippen molar-refractivity contribution in [2.45, 2.75) is 252 Å². The summed E-state index contributed by atoms with van der Waals surface area (Å²) < 4.78 is 16.8. The molecule has 0 bridgehead atoms. The number of esters is 3. The number of unbranched alkanes of at least 4 members (excludes halogenated alkanes) is 25. The zero-order chi connectivity index (χ0) is 46.5. The van der Waals surface area contributed by atoms with Gasteiger partial charge in [-0.2, -0.15) is 0 Å². The van der Waals surface area contributed by atoms with Crippen LogP contribution in [0.3, 0.4) is 0 Å². The molecule has 0 fully saturated rings. The Labute approximate surface area is 395 Å². The molecule has 0 rings (SSSR count). The van der Waals surface area contributed by atoms with Crippen molar-refractivity contribution < 1.29 is 28.6 Å². The lowest BCUT2D eigenvalue weighted by atomic mass is 10.0. The molecule has 0 radical (unpaired) electrons. The second-order valence-electron chi connectivity index (χ2n) is 17.5. The van der Waals surface area contributed by atoms with Gasteiger partial charge in [0.05, 0.1) is 0 Å². The third-order valence-electron chi connectivity index (χ3n) is 11.2. The molecule has 6 nitrogen and oxygen atoms in total. The Kier molecular flexibility index (Phi) is 49.4. The number of carbonyl (C=O) groups excluding carboxylic acids is 3. The van der Waals surface area contributed by atoms with E-state index in [2.05, 4.69) is 87.6 Å². The molecule has 366 valence electrons. The summed E-state index contributed by atoms with van der Waals surface area (Å²) in [5.41, 5.74) is 0. The van der Waals surface area contributed by atoms with Crippen LogP contribution in [0.25, 0.3) is 0 Å². The average molecular weight is 891 g/mol. The maximum Gasteiger partial charge on any atom is 0.306 e. The van der Waals surface area contributed by atoms with Crippen molar-refractivity contribution in [1.82, 2.24) is 0 Å². The van der Waals surface area contributed by atoms with Gasteiger partial charge in [-0.3, -0.25) is 14.4 Å². The summed E-state index contributed by atoms with van der Waals surface area (Å²) >= 11 is 0. The molecule has 0 aromatic rings. The highest BCUT2D eigenvalue weighted by Crippen LogP contribution is 2.15. The van der Waals surface area contributed by atoms with Crippen molar-refractivity contribution in [1.29, 1.82) is 0 Å². The minimum Gasteiger partial charge on any atom is -0.462 e. The van der Waals surface area contributed by atoms with E-state index in [1.807, 2.05) is 18.2 Å². The smallest absolute Gasteiger partial charge is 0.306 e. The zero-order valence-corrected chi connectivity index (χ0v) is 41.8. The van der Waals surface area contributed by atoms with E-state index in [0.29, 0.717) is 19.3 Å². The average Bonchev–Trinajstić information content (AvgIpc) is 3.29. The Morgan fingerprint density at radius 3 is 1.14 bits per heavy atom. The lowest BCUT2D eigenvalue weighted by molar-refractivity contribution is -0.167. The molecule has 0 aliphatic heterocycles. The van der Waals surface area contributed by atoms with Gasteiger partial charge in [0.15, 0.2) is 6.10 Å². The third kappa shape index (κ3) is 49.6. The molecule has 1 atom stereocenters. The first-order chi connectivity index (χ1) is 31.5. The SMILES string of the molecule is CC\C=C/C=C\C=C/C=C\CCCCCCCC(=O)OC(COC(=O)CCCCCC/C=C\C/C=C\C/C=C\CC)COC(=O)CCCCCCCCCCCCCCCCCCC. The minimum atomic E-state index is -0.797. The highest BCUT2D eigenvalue weighted by molar-refractivity contribution is 5.71. The molecular formula is C58H98O6. The molecule has 0 spiro atoms. The Morgan fingerprint density at radius 2 is 0.688 bits per heavy atom. The van der Waals surface area contributed by atoms with Gasteiger partial charge in [-0.05, 0) is 70.6 Å². The van der Waals surface area contributed by atoms with E-state index < -0.39 is 6.10 Å². The highest BCUT2D eigenvalue weighted by atomic mass is 16.6. The van der Waals surface area contributed by atoms with Crippen molar-refractivity contribution in [3.05, 3.63) is 85.1 Å². The number of hydrogen-bond acceptors (Lipinski definition) is 6. The fraction of sp³-hybridized carbons (Fsp3) is 0.707.